The fraction of sp³-hybridized carbons (Fsp3) is 0.222. The highest BCUT2D eigenvalue weighted by Gasteiger charge is 2.20. The van der Waals surface area contributed by atoms with E-state index in [2.05, 4.69) is 20.8 Å². The first-order chi connectivity index (χ1) is 13.0. The number of anilines is 1. The molecule has 0 aliphatic carbocycles. The summed E-state index contributed by atoms with van der Waals surface area (Å²) in [5.74, 6) is 0.584. The van der Waals surface area contributed by atoms with E-state index in [0.29, 0.717) is 15.9 Å². The van der Waals surface area contributed by atoms with Gasteiger partial charge in [-0.1, -0.05) is 29.4 Å². The van der Waals surface area contributed by atoms with E-state index in [0.717, 1.165) is 17.0 Å². The van der Waals surface area contributed by atoms with Crippen molar-refractivity contribution >= 4 is 35.0 Å². The predicted octanol–water partition coefficient (Wildman–Crippen LogP) is 3.75. The monoisotopic (exact) mass is 403 g/mol. The number of ether oxygens (including phenoxy) is 1. The fourth-order valence-corrected chi connectivity index (χ4v) is 3.29. The number of tetrazole rings is 1. The molecule has 0 saturated heterocycles. The summed E-state index contributed by atoms with van der Waals surface area (Å²) in [5, 5.41) is 15.3. The number of nitrogens with zero attached hydrogens (tertiary/aromatic N) is 4. The standard InChI is InChI=1S/C18H18ClN5O2S/c1-11-4-5-13(19)10-16(11)20-17(25)12(2)27-18-21-22-23-24(18)14-6-8-15(26-3)9-7-14/h4-10,12H,1-3H3,(H,20,25)/t12-/m1/s1. The molecule has 1 atom stereocenters. The number of amides is 1. The third-order valence-corrected chi connectivity index (χ3v) is 5.13. The summed E-state index contributed by atoms with van der Waals surface area (Å²) >= 11 is 7.28. The molecule has 140 valence electrons. The molecule has 9 heteroatoms. The van der Waals surface area contributed by atoms with Gasteiger partial charge in [-0.25, -0.2) is 0 Å². The molecule has 0 unspecified atom stereocenters. The maximum atomic E-state index is 12.6. The molecular formula is C18H18ClN5O2S. The minimum atomic E-state index is -0.411. The zero-order valence-corrected chi connectivity index (χ0v) is 16.6. The Balaban J connectivity index is 1.72. The maximum Gasteiger partial charge on any atom is 0.237 e. The number of methoxy groups -OCH3 is 1. The largest absolute Gasteiger partial charge is 0.497 e. The first-order valence-corrected chi connectivity index (χ1v) is 9.40. The Hall–Kier alpha value is -2.58. The van der Waals surface area contributed by atoms with Gasteiger partial charge in [0.1, 0.15) is 5.75 Å². The van der Waals surface area contributed by atoms with Gasteiger partial charge in [0.15, 0.2) is 0 Å². The van der Waals surface area contributed by atoms with Crippen molar-refractivity contribution in [1.29, 1.82) is 0 Å². The third-order valence-electron chi connectivity index (χ3n) is 3.87. The summed E-state index contributed by atoms with van der Waals surface area (Å²) in [6.45, 7) is 3.71. The van der Waals surface area contributed by atoms with Crippen molar-refractivity contribution in [1.82, 2.24) is 20.2 Å². The molecule has 1 amide bonds. The van der Waals surface area contributed by atoms with E-state index in [9.17, 15) is 4.79 Å². The van der Waals surface area contributed by atoms with Crippen LogP contribution in [0.25, 0.3) is 5.69 Å². The van der Waals surface area contributed by atoms with Gasteiger partial charge in [-0.3, -0.25) is 4.79 Å². The minimum Gasteiger partial charge on any atom is -0.497 e. The second-order valence-corrected chi connectivity index (χ2v) is 7.52. The van der Waals surface area contributed by atoms with Crippen LogP contribution in [-0.4, -0.2) is 38.5 Å². The van der Waals surface area contributed by atoms with Crippen LogP contribution in [0, 0.1) is 6.92 Å². The molecule has 0 fully saturated rings. The topological polar surface area (TPSA) is 81.9 Å². The summed E-state index contributed by atoms with van der Waals surface area (Å²) in [7, 11) is 1.61. The lowest BCUT2D eigenvalue weighted by molar-refractivity contribution is -0.115. The van der Waals surface area contributed by atoms with Gasteiger partial charge in [-0.2, -0.15) is 4.68 Å². The zero-order chi connectivity index (χ0) is 19.4. The van der Waals surface area contributed by atoms with Crippen LogP contribution in [0.3, 0.4) is 0 Å². The molecular weight excluding hydrogens is 386 g/mol. The number of hydrogen-bond acceptors (Lipinski definition) is 6. The number of rotatable bonds is 6. The van der Waals surface area contributed by atoms with E-state index in [1.54, 1.807) is 30.8 Å². The number of hydrogen-bond donors (Lipinski definition) is 1. The molecule has 3 rings (SSSR count). The van der Waals surface area contributed by atoms with Crippen LogP contribution < -0.4 is 10.1 Å². The van der Waals surface area contributed by atoms with Crippen molar-refractivity contribution in [2.75, 3.05) is 12.4 Å². The van der Waals surface area contributed by atoms with Gasteiger partial charge < -0.3 is 10.1 Å². The molecule has 3 aromatic rings. The average Bonchev–Trinajstić information content (AvgIpc) is 3.12. The van der Waals surface area contributed by atoms with Crippen LogP contribution >= 0.6 is 23.4 Å². The minimum absolute atomic E-state index is 0.158. The number of benzene rings is 2. The van der Waals surface area contributed by atoms with E-state index >= 15 is 0 Å². The molecule has 1 N–H and O–H groups in total. The van der Waals surface area contributed by atoms with E-state index in [-0.39, 0.29) is 5.91 Å². The quantitative estimate of drug-likeness (QED) is 0.631. The number of halogens is 1. The number of nitrogens with one attached hydrogen (secondary N) is 1. The van der Waals surface area contributed by atoms with E-state index in [1.807, 2.05) is 37.3 Å². The fourth-order valence-electron chi connectivity index (χ4n) is 2.31. The van der Waals surface area contributed by atoms with Crippen LogP contribution in [0.4, 0.5) is 5.69 Å². The molecule has 1 aromatic heterocycles. The van der Waals surface area contributed by atoms with Crippen LogP contribution in [-0.2, 0) is 4.79 Å². The van der Waals surface area contributed by atoms with Crippen molar-refractivity contribution in [3.8, 4) is 11.4 Å². The number of carbonyl (C=O) groups is 1. The number of aromatic nitrogens is 4. The van der Waals surface area contributed by atoms with Crippen LogP contribution in [0.2, 0.25) is 5.02 Å². The molecule has 2 aromatic carbocycles. The predicted molar refractivity (Wildman–Crippen MR) is 106 cm³/mol. The van der Waals surface area contributed by atoms with E-state index in [4.69, 9.17) is 16.3 Å². The molecule has 0 saturated carbocycles. The number of carbonyl (C=O) groups excluding carboxylic acids is 1. The summed E-state index contributed by atoms with van der Waals surface area (Å²) in [6.07, 6.45) is 0. The highest BCUT2D eigenvalue weighted by Crippen LogP contribution is 2.26. The number of aryl methyl sites for hydroxylation is 1. The molecule has 0 bridgehead atoms. The van der Waals surface area contributed by atoms with Crippen molar-refractivity contribution in [2.45, 2.75) is 24.3 Å². The van der Waals surface area contributed by atoms with Crippen molar-refractivity contribution in [3.63, 3.8) is 0 Å². The van der Waals surface area contributed by atoms with Crippen LogP contribution in [0.15, 0.2) is 47.6 Å². The molecule has 0 spiro atoms. The Kier molecular flexibility index (Phi) is 5.98. The Bertz CT molecular complexity index is 945. The van der Waals surface area contributed by atoms with E-state index in [1.165, 1.54) is 11.8 Å². The molecule has 0 aliphatic rings. The van der Waals surface area contributed by atoms with Gasteiger partial charge in [-0.15, -0.1) is 5.10 Å². The summed E-state index contributed by atoms with van der Waals surface area (Å²) < 4.78 is 6.74. The van der Waals surface area contributed by atoms with Gasteiger partial charge >= 0.3 is 0 Å². The average molecular weight is 404 g/mol. The Morgan fingerprint density at radius 1 is 1.26 bits per heavy atom. The van der Waals surface area contributed by atoms with Crippen LogP contribution in [0.5, 0.6) is 5.75 Å². The molecule has 0 radical (unpaired) electrons. The van der Waals surface area contributed by atoms with Crippen molar-refractivity contribution in [2.24, 2.45) is 0 Å². The van der Waals surface area contributed by atoms with Gasteiger partial charge in [0.2, 0.25) is 11.1 Å². The highest BCUT2D eigenvalue weighted by atomic mass is 35.5. The van der Waals surface area contributed by atoms with Gasteiger partial charge in [0.05, 0.1) is 18.0 Å². The van der Waals surface area contributed by atoms with Gasteiger partial charge in [0.25, 0.3) is 0 Å². The third kappa shape index (κ3) is 4.58. The smallest absolute Gasteiger partial charge is 0.237 e. The van der Waals surface area contributed by atoms with Crippen molar-refractivity contribution < 1.29 is 9.53 Å². The maximum absolute atomic E-state index is 12.6. The first kappa shape index (κ1) is 19.2. The highest BCUT2D eigenvalue weighted by molar-refractivity contribution is 8.00. The molecule has 7 nitrogen and oxygen atoms in total. The Morgan fingerprint density at radius 3 is 2.70 bits per heavy atom. The van der Waals surface area contributed by atoms with Crippen LogP contribution in [0.1, 0.15) is 12.5 Å². The SMILES string of the molecule is COc1ccc(-n2nnnc2S[C@H](C)C(=O)Nc2cc(Cl)ccc2C)cc1. The van der Waals surface area contributed by atoms with Crippen molar-refractivity contribution in [3.05, 3.63) is 53.1 Å². The molecule has 0 aliphatic heterocycles. The first-order valence-electron chi connectivity index (χ1n) is 8.14. The summed E-state index contributed by atoms with van der Waals surface area (Å²) in [5.41, 5.74) is 2.41. The number of thioether (sulfide) groups is 1. The Labute approximate surface area is 166 Å². The van der Waals surface area contributed by atoms with E-state index < -0.39 is 5.25 Å². The molecule has 1 heterocycles. The summed E-state index contributed by atoms with van der Waals surface area (Å²) in [4.78, 5) is 12.6. The second-order valence-electron chi connectivity index (χ2n) is 5.78. The second kappa shape index (κ2) is 8.41. The normalized spacial score (nSPS) is 11.9. The Morgan fingerprint density at radius 2 is 2.00 bits per heavy atom. The summed E-state index contributed by atoms with van der Waals surface area (Å²) in [6, 6.07) is 12.7. The zero-order valence-electron chi connectivity index (χ0n) is 15.0. The lowest BCUT2D eigenvalue weighted by atomic mass is 10.2. The lowest BCUT2D eigenvalue weighted by Gasteiger charge is -2.13. The van der Waals surface area contributed by atoms with Gasteiger partial charge in [0, 0.05) is 10.7 Å². The van der Waals surface area contributed by atoms with Gasteiger partial charge in [-0.05, 0) is 66.2 Å². The molecule has 27 heavy (non-hydrogen) atoms. The lowest BCUT2D eigenvalue weighted by Crippen LogP contribution is -2.23.